The number of fused-ring (bicyclic) bond motifs is 6. The molecule has 0 saturated carbocycles. The van der Waals surface area contributed by atoms with Crippen molar-refractivity contribution in [3.05, 3.63) is 224 Å². The lowest BCUT2D eigenvalue weighted by atomic mass is 9.90. The highest BCUT2D eigenvalue weighted by molar-refractivity contribution is 6.10. The number of allylic oxidation sites excluding steroid dienone is 3. The van der Waals surface area contributed by atoms with E-state index in [0.29, 0.717) is 0 Å². The Morgan fingerprint density at radius 2 is 1.07 bits per heavy atom. The molecule has 1 atom stereocenters. The van der Waals surface area contributed by atoms with Crippen LogP contribution in [0.5, 0.6) is 0 Å². The molecule has 8 aromatic carbocycles. The SMILES string of the molecule is C1=CC(c2cccc3c2oc2ccccc23)CC=C1N(c1ccc(-c2ccc(-c3ccccc3)cc2)cc1)c1ccc2c(c1)c1ccccc1n2-c1ccccc1. The minimum Gasteiger partial charge on any atom is -0.456 e. The molecule has 3 nitrogen and oxygen atoms in total. The lowest BCUT2D eigenvalue weighted by Gasteiger charge is -2.29. The topological polar surface area (TPSA) is 21.3 Å². The Kier molecular flexibility index (Phi) is 7.96. The first kappa shape index (κ1) is 33.0. The third kappa shape index (κ3) is 5.75. The molecule has 0 spiro atoms. The summed E-state index contributed by atoms with van der Waals surface area (Å²) in [5.41, 5.74) is 14.9. The smallest absolute Gasteiger partial charge is 0.139 e. The van der Waals surface area contributed by atoms with Crippen molar-refractivity contribution in [2.75, 3.05) is 4.90 Å². The predicted molar refractivity (Wildman–Crippen MR) is 239 cm³/mol. The standard InChI is InChI=1S/C54H38N2O/c1-3-12-37(13-4-1)38-22-24-39(25-23-38)40-26-30-43(31-27-40)55(44-32-28-41(29-33-44)46-18-11-19-49-48-17-8-10-21-53(48)57-54(46)49)45-34-35-52-50(36-45)47-16-7-9-20-51(47)56(52)42-14-5-2-6-15-42/h1-28,30-36,41H,29H2. The second-order valence-corrected chi connectivity index (χ2v) is 14.9. The van der Waals surface area contributed by atoms with Gasteiger partial charge in [0, 0.05) is 55.8 Å². The van der Waals surface area contributed by atoms with Gasteiger partial charge in [-0.25, -0.2) is 0 Å². The number of furan rings is 1. The van der Waals surface area contributed by atoms with Crippen LogP contribution in [0.3, 0.4) is 0 Å². The lowest BCUT2D eigenvalue weighted by Crippen LogP contribution is -2.17. The van der Waals surface area contributed by atoms with Crippen LogP contribution >= 0.6 is 0 Å². The Balaban J connectivity index is 0.995. The Bertz CT molecular complexity index is 3130. The number of nitrogens with zero attached hydrogens (tertiary/aromatic N) is 2. The van der Waals surface area contributed by atoms with E-state index in [1.165, 1.54) is 55.0 Å². The van der Waals surface area contributed by atoms with Gasteiger partial charge in [-0.05, 0) is 89.3 Å². The average molecular weight is 731 g/mol. The zero-order valence-corrected chi connectivity index (χ0v) is 31.3. The van der Waals surface area contributed by atoms with Crippen LogP contribution in [-0.4, -0.2) is 4.57 Å². The highest BCUT2D eigenvalue weighted by Gasteiger charge is 2.22. The Hall–Kier alpha value is -7.36. The van der Waals surface area contributed by atoms with Gasteiger partial charge >= 0.3 is 0 Å². The van der Waals surface area contributed by atoms with Crippen molar-refractivity contribution >= 4 is 55.1 Å². The Morgan fingerprint density at radius 1 is 0.474 bits per heavy atom. The summed E-state index contributed by atoms with van der Waals surface area (Å²) in [7, 11) is 0. The van der Waals surface area contributed by atoms with Gasteiger partial charge in [0.25, 0.3) is 0 Å². The number of hydrogen-bond donors (Lipinski definition) is 0. The molecule has 0 bridgehead atoms. The summed E-state index contributed by atoms with van der Waals surface area (Å²) in [6.07, 6.45) is 7.90. The third-order valence-corrected chi connectivity index (χ3v) is 11.6. The number of rotatable bonds is 7. The third-order valence-electron chi connectivity index (χ3n) is 11.6. The van der Waals surface area contributed by atoms with E-state index in [2.05, 4.69) is 216 Å². The lowest BCUT2D eigenvalue weighted by molar-refractivity contribution is 0.657. The fourth-order valence-corrected chi connectivity index (χ4v) is 8.76. The van der Waals surface area contributed by atoms with Gasteiger partial charge in [-0.2, -0.15) is 0 Å². The molecule has 0 saturated heterocycles. The molecular formula is C54H38N2O. The fourth-order valence-electron chi connectivity index (χ4n) is 8.76. The van der Waals surface area contributed by atoms with Gasteiger partial charge in [-0.3, -0.25) is 0 Å². The van der Waals surface area contributed by atoms with Gasteiger partial charge in [0.2, 0.25) is 0 Å². The molecule has 270 valence electrons. The van der Waals surface area contributed by atoms with Crippen LogP contribution in [0.2, 0.25) is 0 Å². The molecule has 0 N–H and O–H groups in total. The monoisotopic (exact) mass is 730 g/mol. The first-order valence-electron chi connectivity index (χ1n) is 19.7. The van der Waals surface area contributed by atoms with E-state index in [1.807, 2.05) is 6.07 Å². The van der Waals surface area contributed by atoms with Crippen molar-refractivity contribution in [1.82, 2.24) is 4.57 Å². The molecule has 3 heteroatoms. The predicted octanol–water partition coefficient (Wildman–Crippen LogP) is 14.8. The normalized spacial score (nSPS) is 14.1. The van der Waals surface area contributed by atoms with Gasteiger partial charge in [0.15, 0.2) is 0 Å². The number of aromatic nitrogens is 1. The summed E-state index contributed by atoms with van der Waals surface area (Å²) in [6.45, 7) is 0. The summed E-state index contributed by atoms with van der Waals surface area (Å²) >= 11 is 0. The van der Waals surface area contributed by atoms with E-state index >= 15 is 0 Å². The Morgan fingerprint density at radius 3 is 1.81 bits per heavy atom. The van der Waals surface area contributed by atoms with Gasteiger partial charge in [0.05, 0.1) is 11.0 Å². The molecule has 2 aromatic heterocycles. The Labute approximate surface area is 331 Å². The summed E-state index contributed by atoms with van der Waals surface area (Å²) in [6, 6.07) is 69.6. The van der Waals surface area contributed by atoms with Gasteiger partial charge in [-0.15, -0.1) is 0 Å². The van der Waals surface area contributed by atoms with Gasteiger partial charge in [-0.1, -0.05) is 152 Å². The van der Waals surface area contributed by atoms with Crippen molar-refractivity contribution < 1.29 is 4.42 Å². The van der Waals surface area contributed by atoms with Crippen LogP contribution in [0.4, 0.5) is 11.4 Å². The molecule has 2 heterocycles. The average Bonchev–Trinajstić information content (AvgIpc) is 3.84. The molecule has 1 unspecified atom stereocenters. The van der Waals surface area contributed by atoms with E-state index in [0.717, 1.165) is 45.7 Å². The van der Waals surface area contributed by atoms with Crippen LogP contribution in [-0.2, 0) is 0 Å². The number of para-hydroxylation sites is 4. The van der Waals surface area contributed by atoms with E-state index in [4.69, 9.17) is 4.42 Å². The fraction of sp³-hybridized carbons (Fsp3) is 0.0370. The molecular weight excluding hydrogens is 693 g/mol. The second-order valence-electron chi connectivity index (χ2n) is 14.9. The van der Waals surface area contributed by atoms with E-state index in [9.17, 15) is 0 Å². The highest BCUT2D eigenvalue weighted by atomic mass is 16.3. The zero-order valence-electron chi connectivity index (χ0n) is 31.3. The summed E-state index contributed by atoms with van der Waals surface area (Å²) in [5, 5.41) is 4.79. The van der Waals surface area contributed by atoms with E-state index < -0.39 is 0 Å². The molecule has 0 fully saturated rings. The second kappa shape index (κ2) is 13.7. The van der Waals surface area contributed by atoms with Crippen molar-refractivity contribution in [2.45, 2.75) is 12.3 Å². The van der Waals surface area contributed by atoms with Crippen molar-refractivity contribution in [3.8, 4) is 27.9 Å². The molecule has 11 rings (SSSR count). The summed E-state index contributed by atoms with van der Waals surface area (Å²) < 4.78 is 8.84. The van der Waals surface area contributed by atoms with Gasteiger partial charge < -0.3 is 13.9 Å². The molecule has 57 heavy (non-hydrogen) atoms. The zero-order chi connectivity index (χ0) is 37.7. The first-order chi connectivity index (χ1) is 28.3. The summed E-state index contributed by atoms with van der Waals surface area (Å²) in [5.74, 6) is 0.201. The van der Waals surface area contributed by atoms with Gasteiger partial charge in [0.1, 0.15) is 11.2 Å². The largest absolute Gasteiger partial charge is 0.456 e. The molecule has 1 aliphatic rings. The number of hydrogen-bond acceptors (Lipinski definition) is 2. The van der Waals surface area contributed by atoms with Crippen LogP contribution in [0.25, 0.3) is 71.7 Å². The molecule has 0 radical (unpaired) electrons. The van der Waals surface area contributed by atoms with Crippen molar-refractivity contribution in [1.29, 1.82) is 0 Å². The molecule has 0 aliphatic heterocycles. The first-order valence-corrected chi connectivity index (χ1v) is 19.7. The maximum Gasteiger partial charge on any atom is 0.139 e. The minimum absolute atomic E-state index is 0.201. The van der Waals surface area contributed by atoms with Crippen molar-refractivity contribution in [2.24, 2.45) is 0 Å². The molecule has 10 aromatic rings. The van der Waals surface area contributed by atoms with Crippen LogP contribution < -0.4 is 4.90 Å². The quantitative estimate of drug-likeness (QED) is 0.163. The van der Waals surface area contributed by atoms with Crippen LogP contribution in [0.15, 0.2) is 222 Å². The summed E-state index contributed by atoms with van der Waals surface area (Å²) in [4.78, 5) is 2.41. The highest BCUT2D eigenvalue weighted by Crippen LogP contribution is 2.42. The maximum absolute atomic E-state index is 6.47. The van der Waals surface area contributed by atoms with Crippen LogP contribution in [0.1, 0.15) is 17.9 Å². The van der Waals surface area contributed by atoms with Crippen LogP contribution in [0, 0.1) is 0 Å². The van der Waals surface area contributed by atoms with E-state index in [1.54, 1.807) is 0 Å². The number of benzene rings is 8. The maximum atomic E-state index is 6.47. The van der Waals surface area contributed by atoms with E-state index in [-0.39, 0.29) is 5.92 Å². The van der Waals surface area contributed by atoms with Crippen molar-refractivity contribution in [3.63, 3.8) is 0 Å². The molecule has 1 aliphatic carbocycles. The minimum atomic E-state index is 0.201. The number of anilines is 2. The molecule has 0 amide bonds.